The zero-order valence-electron chi connectivity index (χ0n) is 11.1. The van der Waals surface area contributed by atoms with Crippen LogP contribution in [0.1, 0.15) is 25.6 Å². The van der Waals surface area contributed by atoms with Crippen molar-refractivity contribution in [1.29, 1.82) is 0 Å². The molecule has 4 N–H and O–H groups in total. The Morgan fingerprint density at radius 2 is 2.22 bits per heavy atom. The van der Waals surface area contributed by atoms with Gasteiger partial charge in [0.05, 0.1) is 0 Å². The van der Waals surface area contributed by atoms with E-state index in [1.165, 1.54) is 19.4 Å². The molecule has 1 aromatic heterocycles. The van der Waals surface area contributed by atoms with Crippen molar-refractivity contribution in [3.63, 3.8) is 0 Å². The van der Waals surface area contributed by atoms with E-state index in [-0.39, 0.29) is 0 Å². The highest BCUT2D eigenvalue weighted by Crippen LogP contribution is 2.16. The van der Waals surface area contributed by atoms with E-state index < -0.39 is 0 Å². The summed E-state index contributed by atoms with van der Waals surface area (Å²) in [7, 11) is 2.17. The molecule has 1 aliphatic heterocycles. The molecule has 0 aliphatic carbocycles. The molecule has 0 radical (unpaired) electrons. The van der Waals surface area contributed by atoms with Crippen LogP contribution < -0.4 is 16.6 Å². The van der Waals surface area contributed by atoms with Gasteiger partial charge in [0.2, 0.25) is 0 Å². The number of anilines is 2. The number of likely N-dealkylation sites (tertiary alicyclic amines) is 1. The number of nitrogen functional groups attached to an aromatic ring is 1. The molecule has 0 aromatic carbocycles. The molecule has 6 nitrogen and oxygen atoms in total. The van der Waals surface area contributed by atoms with Crippen molar-refractivity contribution in [2.45, 2.75) is 32.2 Å². The number of aryl methyl sites for hydroxylation is 1. The van der Waals surface area contributed by atoms with Crippen LogP contribution in [0.3, 0.4) is 0 Å². The van der Waals surface area contributed by atoms with Crippen LogP contribution in [-0.4, -0.2) is 41.0 Å². The molecule has 6 heteroatoms. The third-order valence-electron chi connectivity index (χ3n) is 3.43. The summed E-state index contributed by atoms with van der Waals surface area (Å²) >= 11 is 0. The van der Waals surface area contributed by atoms with Crippen LogP contribution >= 0.6 is 0 Å². The number of nitrogens with zero attached hydrogens (tertiary/aromatic N) is 3. The molecule has 1 aromatic rings. The smallest absolute Gasteiger partial charge is 0.145 e. The van der Waals surface area contributed by atoms with Crippen molar-refractivity contribution in [1.82, 2.24) is 14.9 Å². The standard InChI is InChI=1S/C12H22N6/c1-3-10-15-11(7-12(16-10)17-13)14-8-9-5-4-6-18(9)2/h7,9H,3-6,8,13H2,1-2H3,(H2,14,15,16,17). The highest BCUT2D eigenvalue weighted by Gasteiger charge is 2.20. The van der Waals surface area contributed by atoms with E-state index in [1.807, 2.05) is 13.0 Å². The molecular formula is C12H22N6. The summed E-state index contributed by atoms with van der Waals surface area (Å²) in [4.78, 5) is 11.1. The molecule has 0 bridgehead atoms. The highest BCUT2D eigenvalue weighted by molar-refractivity contribution is 5.46. The third kappa shape index (κ3) is 3.08. The lowest BCUT2D eigenvalue weighted by Gasteiger charge is -2.20. The van der Waals surface area contributed by atoms with Gasteiger partial charge < -0.3 is 15.6 Å². The quantitative estimate of drug-likeness (QED) is 0.530. The number of nitrogens with one attached hydrogen (secondary N) is 2. The first-order chi connectivity index (χ1) is 8.72. The summed E-state index contributed by atoms with van der Waals surface area (Å²) < 4.78 is 0. The molecule has 2 heterocycles. The van der Waals surface area contributed by atoms with E-state index in [2.05, 4.69) is 32.7 Å². The molecule has 1 fully saturated rings. The Kier molecular flexibility index (Phi) is 4.33. The lowest BCUT2D eigenvalue weighted by molar-refractivity contribution is 0.322. The van der Waals surface area contributed by atoms with Gasteiger partial charge in [-0.2, -0.15) is 0 Å². The Labute approximate surface area is 108 Å². The minimum absolute atomic E-state index is 0.597. The number of nitrogens with two attached hydrogens (primary N) is 1. The Balaban J connectivity index is 1.99. The minimum Gasteiger partial charge on any atom is -0.368 e. The predicted octanol–water partition coefficient (Wildman–Crippen LogP) is 0.831. The minimum atomic E-state index is 0.597. The van der Waals surface area contributed by atoms with Crippen molar-refractivity contribution < 1.29 is 0 Å². The molecule has 1 atom stereocenters. The maximum atomic E-state index is 5.41. The summed E-state index contributed by atoms with van der Waals surface area (Å²) in [5, 5.41) is 3.38. The Bertz CT molecular complexity index is 372. The first-order valence-corrected chi connectivity index (χ1v) is 6.51. The fourth-order valence-electron chi connectivity index (χ4n) is 2.28. The normalized spacial score (nSPS) is 20.1. The van der Waals surface area contributed by atoms with Crippen LogP contribution in [0.4, 0.5) is 11.6 Å². The molecular weight excluding hydrogens is 228 g/mol. The van der Waals surface area contributed by atoms with Gasteiger partial charge in [-0.1, -0.05) is 6.92 Å². The molecule has 2 rings (SSSR count). The van der Waals surface area contributed by atoms with Crippen LogP contribution in [0.15, 0.2) is 6.07 Å². The number of hydrogen-bond donors (Lipinski definition) is 3. The second-order valence-electron chi connectivity index (χ2n) is 4.71. The summed E-state index contributed by atoms with van der Waals surface area (Å²) in [6.07, 6.45) is 3.33. The van der Waals surface area contributed by atoms with Gasteiger partial charge in [-0.3, -0.25) is 0 Å². The molecule has 0 saturated carbocycles. The average Bonchev–Trinajstić information content (AvgIpc) is 2.81. The summed E-state index contributed by atoms with van der Waals surface area (Å²) in [6.45, 7) is 4.14. The zero-order valence-corrected chi connectivity index (χ0v) is 11.1. The van der Waals surface area contributed by atoms with Gasteiger partial charge in [-0.15, -0.1) is 0 Å². The van der Waals surface area contributed by atoms with Crippen LogP contribution in [0.2, 0.25) is 0 Å². The van der Waals surface area contributed by atoms with E-state index in [9.17, 15) is 0 Å². The van der Waals surface area contributed by atoms with E-state index in [1.54, 1.807) is 0 Å². The van der Waals surface area contributed by atoms with E-state index in [0.717, 1.165) is 24.6 Å². The number of aromatic nitrogens is 2. The number of likely N-dealkylation sites (N-methyl/N-ethyl adjacent to an activating group) is 1. The lowest BCUT2D eigenvalue weighted by Crippen LogP contribution is -2.31. The molecule has 1 saturated heterocycles. The van der Waals surface area contributed by atoms with Gasteiger partial charge in [0.25, 0.3) is 0 Å². The Morgan fingerprint density at radius 1 is 1.44 bits per heavy atom. The van der Waals surface area contributed by atoms with E-state index in [4.69, 9.17) is 5.84 Å². The monoisotopic (exact) mass is 250 g/mol. The molecule has 18 heavy (non-hydrogen) atoms. The lowest BCUT2D eigenvalue weighted by atomic mass is 10.2. The second-order valence-corrected chi connectivity index (χ2v) is 4.71. The van der Waals surface area contributed by atoms with Crippen molar-refractivity contribution in [2.75, 3.05) is 30.9 Å². The van der Waals surface area contributed by atoms with Gasteiger partial charge in [0.15, 0.2) is 0 Å². The average molecular weight is 250 g/mol. The van der Waals surface area contributed by atoms with Crippen molar-refractivity contribution >= 4 is 11.6 Å². The maximum absolute atomic E-state index is 5.41. The topological polar surface area (TPSA) is 79.1 Å². The maximum Gasteiger partial charge on any atom is 0.145 e. The van der Waals surface area contributed by atoms with Gasteiger partial charge >= 0.3 is 0 Å². The SMILES string of the molecule is CCc1nc(NN)cc(NCC2CCCN2C)n1. The largest absolute Gasteiger partial charge is 0.368 e. The van der Waals surface area contributed by atoms with Crippen LogP contribution in [0.25, 0.3) is 0 Å². The summed E-state index contributed by atoms with van der Waals surface area (Å²) in [5.74, 6) is 7.70. The molecule has 1 aliphatic rings. The van der Waals surface area contributed by atoms with E-state index in [0.29, 0.717) is 11.9 Å². The fraction of sp³-hybridized carbons (Fsp3) is 0.667. The van der Waals surface area contributed by atoms with E-state index >= 15 is 0 Å². The molecule has 0 amide bonds. The van der Waals surface area contributed by atoms with Gasteiger partial charge in [-0.05, 0) is 26.4 Å². The van der Waals surface area contributed by atoms with Crippen molar-refractivity contribution in [3.8, 4) is 0 Å². The highest BCUT2D eigenvalue weighted by atomic mass is 15.3. The fourth-order valence-corrected chi connectivity index (χ4v) is 2.28. The third-order valence-corrected chi connectivity index (χ3v) is 3.43. The zero-order chi connectivity index (χ0) is 13.0. The first-order valence-electron chi connectivity index (χ1n) is 6.51. The van der Waals surface area contributed by atoms with Crippen LogP contribution in [0, 0.1) is 0 Å². The van der Waals surface area contributed by atoms with Gasteiger partial charge in [-0.25, -0.2) is 15.8 Å². The molecule has 1 unspecified atom stereocenters. The number of hydrazine groups is 1. The van der Waals surface area contributed by atoms with Crippen molar-refractivity contribution in [2.24, 2.45) is 5.84 Å². The van der Waals surface area contributed by atoms with Crippen LogP contribution in [-0.2, 0) is 6.42 Å². The summed E-state index contributed by atoms with van der Waals surface area (Å²) in [5.41, 5.74) is 2.58. The first kappa shape index (κ1) is 13.0. The second kappa shape index (κ2) is 5.97. The Hall–Kier alpha value is -1.40. The Morgan fingerprint density at radius 3 is 2.83 bits per heavy atom. The molecule has 0 spiro atoms. The number of rotatable bonds is 5. The van der Waals surface area contributed by atoms with Crippen molar-refractivity contribution in [3.05, 3.63) is 11.9 Å². The van der Waals surface area contributed by atoms with Gasteiger partial charge in [0, 0.05) is 25.1 Å². The number of hydrogen-bond acceptors (Lipinski definition) is 6. The molecule has 100 valence electrons. The summed E-state index contributed by atoms with van der Waals surface area (Å²) in [6, 6.07) is 2.44. The predicted molar refractivity (Wildman–Crippen MR) is 73.4 cm³/mol. The van der Waals surface area contributed by atoms with Crippen LogP contribution in [0.5, 0.6) is 0 Å². The van der Waals surface area contributed by atoms with Gasteiger partial charge in [0.1, 0.15) is 17.5 Å².